The van der Waals surface area contributed by atoms with Gasteiger partial charge in [0, 0.05) is 7.05 Å². The second kappa shape index (κ2) is 5.84. The van der Waals surface area contributed by atoms with Crippen LogP contribution in [0.4, 0.5) is 0 Å². The van der Waals surface area contributed by atoms with E-state index in [9.17, 15) is 9.59 Å². The lowest BCUT2D eigenvalue weighted by Gasteiger charge is -2.27. The molecule has 0 radical (unpaired) electrons. The molecule has 3 N–H and O–H groups in total. The minimum atomic E-state index is -0.442. The van der Waals surface area contributed by atoms with Gasteiger partial charge in [-0.2, -0.15) is 0 Å². The predicted octanol–water partition coefficient (Wildman–Crippen LogP) is -0.229. The van der Waals surface area contributed by atoms with Crippen molar-refractivity contribution in [2.75, 3.05) is 20.1 Å². The van der Waals surface area contributed by atoms with Crippen LogP contribution in [0.3, 0.4) is 0 Å². The first-order valence-electron chi connectivity index (χ1n) is 5.88. The van der Waals surface area contributed by atoms with E-state index >= 15 is 0 Å². The van der Waals surface area contributed by atoms with E-state index in [-0.39, 0.29) is 18.4 Å². The lowest BCUT2D eigenvalue weighted by Crippen LogP contribution is -2.54. The predicted molar refractivity (Wildman–Crippen MR) is 62.0 cm³/mol. The van der Waals surface area contributed by atoms with Crippen LogP contribution in [-0.2, 0) is 9.59 Å². The second-order valence-corrected chi connectivity index (χ2v) is 4.22. The topological polar surface area (TPSA) is 70.2 Å². The Morgan fingerprint density at radius 3 is 2.69 bits per heavy atom. The molecule has 1 saturated heterocycles. The average Bonchev–Trinajstić information content (AvgIpc) is 2.75. The van der Waals surface area contributed by atoms with E-state index in [4.69, 9.17) is 0 Å². The zero-order valence-electron chi connectivity index (χ0n) is 10.1. The molecule has 1 atom stereocenters. The summed E-state index contributed by atoms with van der Waals surface area (Å²) < 4.78 is 0. The SMILES string of the molecule is CCCC1(C(=O)NCC(=O)NC)CCCN1. The fourth-order valence-corrected chi connectivity index (χ4v) is 2.17. The number of rotatable bonds is 5. The standard InChI is InChI=1S/C11H21N3O2/c1-3-5-11(6-4-7-14-11)10(16)13-8-9(15)12-2/h14H,3-8H2,1-2H3,(H,12,15)(H,13,16). The molecule has 5 heteroatoms. The first kappa shape index (κ1) is 13.0. The van der Waals surface area contributed by atoms with Crippen LogP contribution in [0, 0.1) is 0 Å². The molecule has 0 aromatic heterocycles. The van der Waals surface area contributed by atoms with Crippen molar-refractivity contribution in [3.05, 3.63) is 0 Å². The van der Waals surface area contributed by atoms with Gasteiger partial charge in [-0.25, -0.2) is 0 Å². The minimum absolute atomic E-state index is 0.0459. The summed E-state index contributed by atoms with van der Waals surface area (Å²) in [4.78, 5) is 23.1. The molecule has 0 saturated carbocycles. The summed E-state index contributed by atoms with van der Waals surface area (Å²) in [5, 5.41) is 8.44. The van der Waals surface area contributed by atoms with Gasteiger partial charge < -0.3 is 16.0 Å². The van der Waals surface area contributed by atoms with Crippen molar-refractivity contribution >= 4 is 11.8 Å². The van der Waals surface area contributed by atoms with Crippen LogP contribution in [0.1, 0.15) is 32.6 Å². The Morgan fingerprint density at radius 2 is 2.19 bits per heavy atom. The van der Waals surface area contributed by atoms with E-state index < -0.39 is 5.54 Å². The lowest BCUT2D eigenvalue weighted by atomic mass is 9.91. The number of hydrogen-bond acceptors (Lipinski definition) is 3. The summed E-state index contributed by atoms with van der Waals surface area (Å²) in [7, 11) is 1.56. The smallest absolute Gasteiger partial charge is 0.240 e. The molecule has 1 aliphatic rings. The number of likely N-dealkylation sites (N-methyl/N-ethyl adjacent to an activating group) is 1. The van der Waals surface area contributed by atoms with Crippen molar-refractivity contribution in [2.45, 2.75) is 38.1 Å². The number of amides is 2. The van der Waals surface area contributed by atoms with Crippen LogP contribution < -0.4 is 16.0 Å². The van der Waals surface area contributed by atoms with Gasteiger partial charge in [-0.3, -0.25) is 9.59 Å². The van der Waals surface area contributed by atoms with E-state index in [1.807, 2.05) is 0 Å². The highest BCUT2D eigenvalue weighted by atomic mass is 16.2. The van der Waals surface area contributed by atoms with E-state index in [2.05, 4.69) is 22.9 Å². The molecule has 5 nitrogen and oxygen atoms in total. The molecular formula is C11H21N3O2. The Bertz CT molecular complexity index is 260. The lowest BCUT2D eigenvalue weighted by molar-refractivity contribution is -0.130. The van der Waals surface area contributed by atoms with E-state index in [0.717, 1.165) is 32.2 Å². The largest absolute Gasteiger partial charge is 0.358 e. The monoisotopic (exact) mass is 227 g/mol. The molecule has 1 rings (SSSR count). The normalized spacial score (nSPS) is 24.1. The van der Waals surface area contributed by atoms with Gasteiger partial charge in [0.25, 0.3) is 0 Å². The molecule has 1 fully saturated rings. The van der Waals surface area contributed by atoms with E-state index in [1.54, 1.807) is 7.05 Å². The maximum atomic E-state index is 12.0. The summed E-state index contributed by atoms with van der Waals surface area (Å²) in [6, 6.07) is 0. The average molecular weight is 227 g/mol. The molecule has 0 aliphatic carbocycles. The van der Waals surface area contributed by atoms with Gasteiger partial charge in [-0.15, -0.1) is 0 Å². The zero-order chi connectivity index (χ0) is 12.0. The molecule has 2 amide bonds. The molecule has 0 bridgehead atoms. The van der Waals surface area contributed by atoms with Gasteiger partial charge in [0.1, 0.15) is 0 Å². The van der Waals surface area contributed by atoms with Gasteiger partial charge in [0.05, 0.1) is 12.1 Å². The molecule has 1 heterocycles. The molecule has 0 spiro atoms. The maximum Gasteiger partial charge on any atom is 0.240 e. The van der Waals surface area contributed by atoms with Crippen LogP contribution in [0.5, 0.6) is 0 Å². The highest BCUT2D eigenvalue weighted by molar-refractivity contribution is 5.90. The summed E-state index contributed by atoms with van der Waals surface area (Å²) in [6.07, 6.45) is 3.67. The van der Waals surface area contributed by atoms with Gasteiger partial charge in [0.15, 0.2) is 0 Å². The first-order valence-corrected chi connectivity index (χ1v) is 5.88. The molecule has 92 valence electrons. The Balaban J connectivity index is 2.51. The summed E-state index contributed by atoms with van der Waals surface area (Å²) in [6.45, 7) is 3.00. The highest BCUT2D eigenvalue weighted by Gasteiger charge is 2.39. The first-order chi connectivity index (χ1) is 7.64. The summed E-state index contributed by atoms with van der Waals surface area (Å²) in [5.74, 6) is -0.214. The fourth-order valence-electron chi connectivity index (χ4n) is 2.17. The van der Waals surface area contributed by atoms with Gasteiger partial charge in [-0.05, 0) is 25.8 Å². The Labute approximate surface area is 96.4 Å². The van der Waals surface area contributed by atoms with Crippen molar-refractivity contribution in [1.82, 2.24) is 16.0 Å². The number of nitrogens with one attached hydrogen (secondary N) is 3. The molecule has 1 aliphatic heterocycles. The summed E-state index contributed by atoms with van der Waals surface area (Å²) >= 11 is 0. The fraction of sp³-hybridized carbons (Fsp3) is 0.818. The van der Waals surface area contributed by atoms with Crippen molar-refractivity contribution in [3.63, 3.8) is 0 Å². The van der Waals surface area contributed by atoms with Crippen LogP contribution in [-0.4, -0.2) is 37.5 Å². The molecule has 0 aromatic rings. The van der Waals surface area contributed by atoms with Crippen LogP contribution in [0.15, 0.2) is 0 Å². The maximum absolute atomic E-state index is 12.0. The second-order valence-electron chi connectivity index (χ2n) is 4.22. The molecule has 0 aromatic carbocycles. The molecule has 1 unspecified atom stereocenters. The summed E-state index contributed by atoms with van der Waals surface area (Å²) in [5.41, 5.74) is -0.442. The third-order valence-electron chi connectivity index (χ3n) is 3.04. The van der Waals surface area contributed by atoms with Crippen LogP contribution in [0.2, 0.25) is 0 Å². The third kappa shape index (κ3) is 2.95. The van der Waals surface area contributed by atoms with Gasteiger partial charge in [-0.1, -0.05) is 13.3 Å². The van der Waals surface area contributed by atoms with Crippen LogP contribution >= 0.6 is 0 Å². The van der Waals surface area contributed by atoms with Gasteiger partial charge in [0.2, 0.25) is 11.8 Å². The molecular weight excluding hydrogens is 206 g/mol. The van der Waals surface area contributed by atoms with E-state index in [1.165, 1.54) is 0 Å². The van der Waals surface area contributed by atoms with Crippen molar-refractivity contribution in [3.8, 4) is 0 Å². The number of carbonyl (C=O) groups is 2. The third-order valence-corrected chi connectivity index (χ3v) is 3.04. The molecule has 16 heavy (non-hydrogen) atoms. The number of hydrogen-bond donors (Lipinski definition) is 3. The Hall–Kier alpha value is -1.10. The minimum Gasteiger partial charge on any atom is -0.358 e. The Kier molecular flexibility index (Phi) is 4.73. The number of carbonyl (C=O) groups excluding carboxylic acids is 2. The van der Waals surface area contributed by atoms with Crippen molar-refractivity contribution < 1.29 is 9.59 Å². The Morgan fingerprint density at radius 1 is 1.44 bits per heavy atom. The van der Waals surface area contributed by atoms with E-state index in [0.29, 0.717) is 0 Å². The zero-order valence-corrected chi connectivity index (χ0v) is 10.1. The van der Waals surface area contributed by atoms with Crippen molar-refractivity contribution in [1.29, 1.82) is 0 Å². The van der Waals surface area contributed by atoms with Crippen LogP contribution in [0.25, 0.3) is 0 Å². The van der Waals surface area contributed by atoms with Gasteiger partial charge >= 0.3 is 0 Å². The quantitative estimate of drug-likeness (QED) is 0.607. The highest BCUT2D eigenvalue weighted by Crippen LogP contribution is 2.24. The van der Waals surface area contributed by atoms with Crippen molar-refractivity contribution in [2.24, 2.45) is 0 Å².